The molecule has 0 aliphatic heterocycles. The second-order valence-corrected chi connectivity index (χ2v) is 4.66. The van der Waals surface area contributed by atoms with Crippen molar-refractivity contribution in [2.75, 3.05) is 13.1 Å². The van der Waals surface area contributed by atoms with Crippen molar-refractivity contribution < 1.29 is 14.3 Å². The van der Waals surface area contributed by atoms with E-state index in [1.165, 1.54) is 0 Å². The summed E-state index contributed by atoms with van der Waals surface area (Å²) in [5.41, 5.74) is 5.45. The van der Waals surface area contributed by atoms with E-state index in [-0.39, 0.29) is 6.54 Å². The zero-order valence-corrected chi connectivity index (χ0v) is 9.79. The van der Waals surface area contributed by atoms with E-state index in [0.717, 1.165) is 19.3 Å². The Balaban J connectivity index is 2.23. The Hall–Kier alpha value is -1.01. The van der Waals surface area contributed by atoms with Crippen LogP contribution in [-0.4, -0.2) is 36.2 Å². The predicted octanol–water partition coefficient (Wildman–Crippen LogP) is 0.741. The van der Waals surface area contributed by atoms with E-state index in [2.05, 4.69) is 5.32 Å². The number of nitrogens with two attached hydrogens (primary N) is 1. The first-order valence-electron chi connectivity index (χ1n) is 5.92. The van der Waals surface area contributed by atoms with Crippen LogP contribution in [0.5, 0.6) is 0 Å². The molecule has 0 spiro atoms. The number of rotatable bonds is 9. The topological polar surface area (TPSA) is 99.2 Å². The zero-order chi connectivity index (χ0) is 12.8. The molecule has 1 aliphatic rings. The fraction of sp³-hybridized carbons (Fsp3) is 0.818. The molecule has 1 rings (SSSR count). The van der Waals surface area contributed by atoms with Gasteiger partial charge in [-0.1, -0.05) is 0 Å². The molecule has 0 radical (unpaired) electrons. The van der Waals surface area contributed by atoms with Gasteiger partial charge in [0.1, 0.15) is 6.04 Å². The van der Waals surface area contributed by atoms with Gasteiger partial charge in [-0.3, -0.25) is 10.2 Å². The van der Waals surface area contributed by atoms with Crippen LogP contribution in [0, 0.1) is 17.2 Å². The maximum Gasteiger partial charge on any atom is 0.320 e. The lowest BCUT2D eigenvalue weighted by atomic mass is 9.95. The molecule has 98 valence electrons. The number of carboxylic acid groups (broad SMARTS) is 1. The third-order valence-electron chi connectivity index (χ3n) is 3.14. The van der Waals surface area contributed by atoms with Crippen molar-refractivity contribution in [1.29, 1.82) is 5.41 Å². The number of hydrogen-bond acceptors (Lipinski definition) is 4. The molecule has 0 bridgehead atoms. The second-order valence-electron chi connectivity index (χ2n) is 4.66. The summed E-state index contributed by atoms with van der Waals surface area (Å²) < 4.78 is 12.2. The van der Waals surface area contributed by atoms with Crippen molar-refractivity contribution in [2.24, 2.45) is 17.6 Å². The van der Waals surface area contributed by atoms with Gasteiger partial charge in [0, 0.05) is 0 Å². The summed E-state index contributed by atoms with van der Waals surface area (Å²) in [6, 6.07) is -0.810. The summed E-state index contributed by atoms with van der Waals surface area (Å²) in [6.45, 7) is 0.581. The average Bonchev–Trinajstić information content (AvgIpc) is 3.05. The Labute approximate surface area is 100 Å². The smallest absolute Gasteiger partial charge is 0.320 e. The van der Waals surface area contributed by atoms with Crippen LogP contribution in [0.2, 0.25) is 0 Å². The van der Waals surface area contributed by atoms with Gasteiger partial charge in [-0.15, -0.1) is 0 Å². The van der Waals surface area contributed by atoms with Gasteiger partial charge in [0.25, 0.3) is 0 Å². The lowest BCUT2D eigenvalue weighted by Crippen LogP contribution is -2.33. The van der Waals surface area contributed by atoms with Crippen LogP contribution in [0.15, 0.2) is 0 Å². The Morgan fingerprint density at radius 1 is 1.53 bits per heavy atom. The van der Waals surface area contributed by atoms with Crippen molar-refractivity contribution in [3.63, 3.8) is 0 Å². The predicted molar refractivity (Wildman–Crippen MR) is 62.8 cm³/mol. The van der Waals surface area contributed by atoms with Crippen LogP contribution in [-0.2, 0) is 4.79 Å². The zero-order valence-electron chi connectivity index (χ0n) is 9.79. The normalized spacial score (nSPS) is 18.7. The van der Waals surface area contributed by atoms with E-state index in [4.69, 9.17) is 16.2 Å². The molecule has 0 aromatic carbocycles. The van der Waals surface area contributed by atoms with Crippen molar-refractivity contribution >= 4 is 11.9 Å². The third kappa shape index (κ3) is 5.74. The quantitative estimate of drug-likeness (QED) is 0.450. The van der Waals surface area contributed by atoms with Gasteiger partial charge in [-0.05, 0) is 44.1 Å². The highest BCUT2D eigenvalue weighted by atomic mass is 19.1. The van der Waals surface area contributed by atoms with Crippen LogP contribution in [0.25, 0.3) is 0 Å². The molecule has 0 aromatic rings. The molecule has 2 unspecified atom stereocenters. The summed E-state index contributed by atoms with van der Waals surface area (Å²) in [4.78, 5) is 10.6. The van der Waals surface area contributed by atoms with Crippen LogP contribution < -0.4 is 11.1 Å². The molecule has 5 nitrogen and oxygen atoms in total. The van der Waals surface area contributed by atoms with Crippen molar-refractivity contribution in [1.82, 2.24) is 5.32 Å². The highest BCUT2D eigenvalue weighted by Crippen LogP contribution is 2.38. The first-order chi connectivity index (χ1) is 8.00. The minimum atomic E-state index is -0.974. The molecular weight excluding hydrogens is 225 g/mol. The molecule has 0 heterocycles. The molecule has 0 aromatic heterocycles. The van der Waals surface area contributed by atoms with E-state index >= 15 is 0 Å². The standard InChI is InChI=1S/C11H20FN3O2/c12-10(14)6-15-5-8(7-1-2-7)3-4-9(13)11(16)17/h7-9,14-15H,1-6,13H2,(H,16,17). The van der Waals surface area contributed by atoms with Crippen LogP contribution in [0.3, 0.4) is 0 Å². The highest BCUT2D eigenvalue weighted by Gasteiger charge is 2.31. The molecule has 1 aliphatic carbocycles. The summed E-state index contributed by atoms with van der Waals surface area (Å²) >= 11 is 0. The maximum atomic E-state index is 12.2. The Kier molecular flexibility index (Phi) is 5.50. The van der Waals surface area contributed by atoms with Gasteiger partial charge in [-0.2, -0.15) is 4.39 Å². The van der Waals surface area contributed by atoms with Gasteiger partial charge in [-0.25, -0.2) is 0 Å². The number of hydrogen-bond donors (Lipinski definition) is 4. The Morgan fingerprint density at radius 3 is 2.65 bits per heavy atom. The fourth-order valence-electron chi connectivity index (χ4n) is 1.96. The third-order valence-corrected chi connectivity index (χ3v) is 3.14. The summed E-state index contributed by atoms with van der Waals surface area (Å²) in [6.07, 6.45) is 3.50. The minimum absolute atomic E-state index is 0.0474. The van der Waals surface area contributed by atoms with Crippen molar-refractivity contribution in [2.45, 2.75) is 31.7 Å². The van der Waals surface area contributed by atoms with Gasteiger partial charge in [0.05, 0.1) is 6.54 Å². The summed E-state index contributed by atoms with van der Waals surface area (Å²) in [7, 11) is 0. The SMILES string of the molecule is N=C(F)CNCC(CCC(N)C(=O)O)C1CC1. The lowest BCUT2D eigenvalue weighted by Gasteiger charge is -2.17. The number of halogens is 1. The molecule has 2 atom stereocenters. The van der Waals surface area contributed by atoms with Crippen molar-refractivity contribution in [3.8, 4) is 0 Å². The molecule has 6 heteroatoms. The largest absolute Gasteiger partial charge is 0.480 e. The van der Waals surface area contributed by atoms with E-state index in [1.807, 2.05) is 0 Å². The lowest BCUT2D eigenvalue weighted by molar-refractivity contribution is -0.138. The van der Waals surface area contributed by atoms with E-state index in [1.54, 1.807) is 0 Å². The molecule has 0 amide bonds. The molecule has 0 saturated heterocycles. The van der Waals surface area contributed by atoms with Crippen molar-refractivity contribution in [3.05, 3.63) is 0 Å². The number of nitrogens with one attached hydrogen (secondary N) is 2. The number of carboxylic acids is 1. The van der Waals surface area contributed by atoms with Crippen LogP contribution >= 0.6 is 0 Å². The van der Waals surface area contributed by atoms with Crippen LogP contribution in [0.1, 0.15) is 25.7 Å². The molecular formula is C11H20FN3O2. The molecule has 5 N–H and O–H groups in total. The molecule has 1 fully saturated rings. The van der Waals surface area contributed by atoms with Crippen LogP contribution in [0.4, 0.5) is 4.39 Å². The van der Waals surface area contributed by atoms with E-state index in [9.17, 15) is 9.18 Å². The first kappa shape index (κ1) is 14.1. The monoisotopic (exact) mass is 245 g/mol. The Bertz CT molecular complexity index is 282. The minimum Gasteiger partial charge on any atom is -0.480 e. The fourth-order valence-corrected chi connectivity index (χ4v) is 1.96. The summed E-state index contributed by atoms with van der Waals surface area (Å²) in [5, 5.41) is 18.2. The Morgan fingerprint density at radius 2 is 2.18 bits per heavy atom. The van der Waals surface area contributed by atoms with Gasteiger partial charge in [0.15, 0.2) is 5.97 Å². The molecule has 17 heavy (non-hydrogen) atoms. The first-order valence-corrected chi connectivity index (χ1v) is 5.92. The highest BCUT2D eigenvalue weighted by molar-refractivity contribution is 5.73. The number of aliphatic carboxylic acids is 1. The number of carbonyl (C=O) groups is 1. The van der Waals surface area contributed by atoms with E-state index in [0.29, 0.717) is 24.8 Å². The maximum absolute atomic E-state index is 12.2. The molecule has 1 saturated carbocycles. The summed E-state index contributed by atoms with van der Waals surface area (Å²) in [5.74, 6) is -0.892. The second kappa shape index (κ2) is 6.66. The van der Waals surface area contributed by atoms with E-state index < -0.39 is 18.0 Å². The van der Waals surface area contributed by atoms with Gasteiger partial charge in [0.2, 0.25) is 0 Å². The average molecular weight is 245 g/mol. The van der Waals surface area contributed by atoms with Gasteiger partial charge >= 0.3 is 5.97 Å². The van der Waals surface area contributed by atoms with Gasteiger partial charge < -0.3 is 16.2 Å².